The van der Waals surface area contributed by atoms with Crippen LogP contribution in [0.4, 0.5) is 10.5 Å². The second-order valence-electron chi connectivity index (χ2n) is 5.78. The highest BCUT2D eigenvalue weighted by Crippen LogP contribution is 2.25. The van der Waals surface area contributed by atoms with E-state index in [2.05, 4.69) is 15.7 Å². The third kappa shape index (κ3) is 3.39. The van der Waals surface area contributed by atoms with Crippen molar-refractivity contribution in [1.82, 2.24) is 15.1 Å². The van der Waals surface area contributed by atoms with Crippen molar-refractivity contribution in [3.05, 3.63) is 11.4 Å². The van der Waals surface area contributed by atoms with Gasteiger partial charge in [0.1, 0.15) is 11.3 Å². The van der Waals surface area contributed by atoms with E-state index < -0.39 is 11.7 Å². The largest absolute Gasteiger partial charge is 0.444 e. The van der Waals surface area contributed by atoms with E-state index in [1.807, 2.05) is 32.5 Å². The summed E-state index contributed by atoms with van der Waals surface area (Å²) in [5, 5.41) is 10.5. The normalized spacial score (nSPS) is 14.5. The van der Waals surface area contributed by atoms with Crippen LogP contribution in [0.1, 0.15) is 38.6 Å². The minimum Gasteiger partial charge on any atom is -0.444 e. The Balaban J connectivity index is 1.99. The van der Waals surface area contributed by atoms with Crippen LogP contribution in [0.2, 0.25) is 0 Å². The predicted molar refractivity (Wildman–Crippen MR) is 73.1 cm³/mol. The number of alkyl carbamates (subject to hydrolysis) is 1. The second-order valence-corrected chi connectivity index (χ2v) is 5.78. The number of aromatic nitrogens is 2. The molecule has 1 aromatic heterocycles. The number of ether oxygens (including phenoxy) is 1. The average Bonchev–Trinajstić information content (AvgIpc) is 2.62. The summed E-state index contributed by atoms with van der Waals surface area (Å²) in [6.07, 6.45) is 1.73. The van der Waals surface area contributed by atoms with Crippen molar-refractivity contribution in [3.8, 4) is 0 Å². The first kappa shape index (κ1) is 13.7. The molecule has 0 saturated carbocycles. The molecular weight excluding hydrogens is 244 g/mol. The maximum atomic E-state index is 11.6. The Hall–Kier alpha value is -1.72. The maximum Gasteiger partial charge on any atom is 0.407 e. The Kier molecular flexibility index (Phi) is 3.68. The van der Waals surface area contributed by atoms with Crippen molar-refractivity contribution in [1.29, 1.82) is 0 Å². The molecule has 6 nitrogen and oxygen atoms in total. The van der Waals surface area contributed by atoms with Gasteiger partial charge in [0.25, 0.3) is 0 Å². The number of nitrogens with one attached hydrogen (secondary N) is 2. The van der Waals surface area contributed by atoms with Gasteiger partial charge in [-0.15, -0.1) is 0 Å². The maximum absolute atomic E-state index is 11.6. The van der Waals surface area contributed by atoms with E-state index in [0.717, 1.165) is 30.8 Å². The zero-order valence-corrected chi connectivity index (χ0v) is 12.0. The van der Waals surface area contributed by atoms with Gasteiger partial charge in [0.2, 0.25) is 0 Å². The Morgan fingerprint density at radius 1 is 1.53 bits per heavy atom. The Bertz CT molecular complexity index is 474. The molecule has 0 saturated heterocycles. The summed E-state index contributed by atoms with van der Waals surface area (Å²) in [6, 6.07) is 0. The van der Waals surface area contributed by atoms with E-state index in [9.17, 15) is 4.79 Å². The van der Waals surface area contributed by atoms with Gasteiger partial charge >= 0.3 is 6.09 Å². The molecule has 0 unspecified atom stereocenters. The highest BCUT2D eigenvalue weighted by molar-refractivity contribution is 5.68. The minimum absolute atomic E-state index is 0.380. The molecule has 0 spiro atoms. The number of amides is 1. The number of fused-ring (bicyclic) bond motifs is 1. The number of carbonyl (C=O) groups excluding carboxylic acids is 1. The Morgan fingerprint density at radius 3 is 2.95 bits per heavy atom. The number of rotatable bonds is 2. The van der Waals surface area contributed by atoms with Gasteiger partial charge in [0, 0.05) is 13.6 Å². The molecule has 6 heteroatoms. The van der Waals surface area contributed by atoms with Crippen molar-refractivity contribution in [2.24, 2.45) is 7.05 Å². The molecule has 1 amide bonds. The van der Waals surface area contributed by atoms with Crippen LogP contribution in [-0.2, 0) is 24.8 Å². The standard InChI is InChI=1S/C13H22N4O2/c1-13(2,3)19-12(18)15-8-9-11-10(17(4)16-9)6-5-7-14-11/h14H,5-8H2,1-4H3,(H,15,18). The third-order valence-electron chi connectivity index (χ3n) is 2.93. The van der Waals surface area contributed by atoms with E-state index in [4.69, 9.17) is 4.74 Å². The Labute approximate surface area is 113 Å². The molecule has 0 fully saturated rings. The molecule has 1 aromatic rings. The van der Waals surface area contributed by atoms with E-state index in [-0.39, 0.29) is 0 Å². The van der Waals surface area contributed by atoms with Gasteiger partial charge in [-0.1, -0.05) is 0 Å². The summed E-state index contributed by atoms with van der Waals surface area (Å²) < 4.78 is 7.09. The Morgan fingerprint density at radius 2 is 2.26 bits per heavy atom. The van der Waals surface area contributed by atoms with Gasteiger partial charge in [-0.3, -0.25) is 4.68 Å². The van der Waals surface area contributed by atoms with Gasteiger partial charge in [-0.05, 0) is 33.6 Å². The SMILES string of the molecule is Cn1nc(CNC(=O)OC(C)(C)C)c2c1CCCN2. The molecule has 19 heavy (non-hydrogen) atoms. The van der Waals surface area contributed by atoms with Crippen molar-refractivity contribution in [3.63, 3.8) is 0 Å². The zero-order chi connectivity index (χ0) is 14.0. The molecule has 1 aliphatic heterocycles. The van der Waals surface area contributed by atoms with E-state index in [1.165, 1.54) is 5.69 Å². The molecule has 0 bridgehead atoms. The van der Waals surface area contributed by atoms with Crippen molar-refractivity contribution in [2.45, 2.75) is 45.8 Å². The first-order valence-corrected chi connectivity index (χ1v) is 6.62. The summed E-state index contributed by atoms with van der Waals surface area (Å²) in [5.41, 5.74) is 2.64. The fourth-order valence-corrected chi connectivity index (χ4v) is 2.17. The van der Waals surface area contributed by atoms with Crippen LogP contribution >= 0.6 is 0 Å². The van der Waals surface area contributed by atoms with Gasteiger partial charge in [-0.2, -0.15) is 5.10 Å². The van der Waals surface area contributed by atoms with Crippen LogP contribution in [-0.4, -0.2) is 28.0 Å². The third-order valence-corrected chi connectivity index (χ3v) is 2.93. The van der Waals surface area contributed by atoms with Gasteiger partial charge in [-0.25, -0.2) is 4.79 Å². The highest BCUT2D eigenvalue weighted by Gasteiger charge is 2.20. The number of anilines is 1. The summed E-state index contributed by atoms with van der Waals surface area (Å²) in [7, 11) is 1.93. The van der Waals surface area contributed by atoms with E-state index >= 15 is 0 Å². The number of aryl methyl sites for hydroxylation is 1. The number of nitrogens with zero attached hydrogens (tertiary/aromatic N) is 2. The molecule has 2 heterocycles. The van der Waals surface area contributed by atoms with Crippen molar-refractivity contribution in [2.75, 3.05) is 11.9 Å². The molecule has 2 N–H and O–H groups in total. The first-order valence-electron chi connectivity index (χ1n) is 6.62. The van der Waals surface area contributed by atoms with Gasteiger partial charge < -0.3 is 15.4 Å². The highest BCUT2D eigenvalue weighted by atomic mass is 16.6. The van der Waals surface area contributed by atoms with Crippen molar-refractivity contribution < 1.29 is 9.53 Å². The van der Waals surface area contributed by atoms with E-state index in [0.29, 0.717) is 6.54 Å². The minimum atomic E-state index is -0.480. The molecule has 106 valence electrons. The van der Waals surface area contributed by atoms with Crippen LogP contribution in [0.3, 0.4) is 0 Å². The number of hydrogen-bond acceptors (Lipinski definition) is 4. The van der Waals surface area contributed by atoms with Crippen LogP contribution < -0.4 is 10.6 Å². The van der Waals surface area contributed by atoms with Crippen LogP contribution in [0.15, 0.2) is 0 Å². The zero-order valence-electron chi connectivity index (χ0n) is 12.0. The lowest BCUT2D eigenvalue weighted by atomic mass is 10.1. The summed E-state index contributed by atoms with van der Waals surface area (Å²) >= 11 is 0. The predicted octanol–water partition coefficient (Wildman–Crippen LogP) is 1.80. The topological polar surface area (TPSA) is 68.2 Å². The van der Waals surface area contributed by atoms with Gasteiger partial charge in [0.05, 0.1) is 17.9 Å². The first-order chi connectivity index (χ1) is 8.87. The summed E-state index contributed by atoms with van der Waals surface area (Å²) in [4.78, 5) is 11.6. The molecular formula is C13H22N4O2. The van der Waals surface area contributed by atoms with Crippen LogP contribution in [0.5, 0.6) is 0 Å². The lowest BCUT2D eigenvalue weighted by Gasteiger charge is -2.19. The van der Waals surface area contributed by atoms with Crippen molar-refractivity contribution >= 4 is 11.8 Å². The lowest BCUT2D eigenvalue weighted by Crippen LogP contribution is -2.32. The molecule has 1 aliphatic rings. The molecule has 0 radical (unpaired) electrons. The quantitative estimate of drug-likeness (QED) is 0.856. The molecule has 0 aromatic carbocycles. The summed E-state index contributed by atoms with van der Waals surface area (Å²) in [5.74, 6) is 0. The average molecular weight is 266 g/mol. The number of carbonyl (C=O) groups is 1. The monoisotopic (exact) mass is 266 g/mol. The van der Waals surface area contributed by atoms with Gasteiger partial charge in [0.15, 0.2) is 0 Å². The molecule has 2 rings (SSSR count). The van der Waals surface area contributed by atoms with Crippen LogP contribution in [0, 0.1) is 0 Å². The van der Waals surface area contributed by atoms with E-state index in [1.54, 1.807) is 0 Å². The summed E-state index contributed by atoms with van der Waals surface area (Å²) in [6.45, 7) is 6.87. The smallest absolute Gasteiger partial charge is 0.407 e. The van der Waals surface area contributed by atoms with Crippen LogP contribution in [0.25, 0.3) is 0 Å². The second kappa shape index (κ2) is 5.11. The number of hydrogen-bond donors (Lipinski definition) is 2. The molecule has 0 atom stereocenters. The molecule has 0 aliphatic carbocycles. The fraction of sp³-hybridized carbons (Fsp3) is 0.692. The lowest BCUT2D eigenvalue weighted by molar-refractivity contribution is 0.0523. The fourth-order valence-electron chi connectivity index (χ4n) is 2.17.